The minimum absolute atomic E-state index is 0.159. The molecule has 23 heavy (non-hydrogen) atoms. The maximum Gasteiger partial charge on any atom is 0.277 e. The Morgan fingerprint density at radius 1 is 0.957 bits per heavy atom. The third-order valence-electron chi connectivity index (χ3n) is 3.53. The molecule has 1 aliphatic rings. The van der Waals surface area contributed by atoms with Crippen molar-refractivity contribution in [2.75, 3.05) is 12.4 Å². The SMILES string of the molecule is CN1C(=O)C(Nc2ccc(F)cc2)=C(c2ccc(Cl)cc2)C1=O. The van der Waals surface area contributed by atoms with E-state index in [-0.39, 0.29) is 17.1 Å². The second-order valence-corrected chi connectivity index (χ2v) is 5.49. The van der Waals surface area contributed by atoms with Crippen LogP contribution in [-0.4, -0.2) is 23.8 Å². The fourth-order valence-electron chi connectivity index (χ4n) is 2.32. The number of rotatable bonds is 3. The minimum atomic E-state index is -0.440. The zero-order valence-corrected chi connectivity index (χ0v) is 12.9. The first-order valence-corrected chi connectivity index (χ1v) is 7.20. The molecule has 1 heterocycles. The lowest BCUT2D eigenvalue weighted by molar-refractivity contribution is -0.135. The number of hydrogen-bond donors (Lipinski definition) is 1. The van der Waals surface area contributed by atoms with E-state index in [9.17, 15) is 14.0 Å². The van der Waals surface area contributed by atoms with Gasteiger partial charge in [-0.3, -0.25) is 14.5 Å². The van der Waals surface area contributed by atoms with Crippen molar-refractivity contribution in [1.29, 1.82) is 0 Å². The van der Waals surface area contributed by atoms with Crippen molar-refractivity contribution in [2.45, 2.75) is 0 Å². The van der Waals surface area contributed by atoms with Crippen molar-refractivity contribution < 1.29 is 14.0 Å². The summed E-state index contributed by atoms with van der Waals surface area (Å²) in [4.78, 5) is 25.7. The predicted octanol–water partition coefficient (Wildman–Crippen LogP) is 3.30. The van der Waals surface area contributed by atoms with E-state index in [1.165, 1.54) is 31.3 Å². The van der Waals surface area contributed by atoms with Gasteiger partial charge in [-0.25, -0.2) is 4.39 Å². The Morgan fingerprint density at radius 2 is 1.57 bits per heavy atom. The first-order chi connectivity index (χ1) is 11.0. The molecule has 0 saturated carbocycles. The van der Waals surface area contributed by atoms with E-state index in [0.29, 0.717) is 16.3 Å². The zero-order valence-electron chi connectivity index (χ0n) is 12.1. The number of imide groups is 1. The van der Waals surface area contributed by atoms with E-state index in [4.69, 9.17) is 11.6 Å². The number of anilines is 1. The van der Waals surface area contributed by atoms with Crippen molar-refractivity contribution in [3.8, 4) is 0 Å². The van der Waals surface area contributed by atoms with Crippen molar-refractivity contribution in [2.24, 2.45) is 0 Å². The number of nitrogens with one attached hydrogen (secondary N) is 1. The Morgan fingerprint density at radius 3 is 2.17 bits per heavy atom. The van der Waals surface area contributed by atoms with Crippen LogP contribution in [0.5, 0.6) is 0 Å². The summed E-state index contributed by atoms with van der Waals surface area (Å²) in [5.74, 6) is -1.22. The lowest BCUT2D eigenvalue weighted by Gasteiger charge is -2.08. The Hall–Kier alpha value is -2.66. The number of amides is 2. The summed E-state index contributed by atoms with van der Waals surface area (Å²) >= 11 is 5.86. The van der Waals surface area contributed by atoms with Crippen LogP contribution in [0.25, 0.3) is 5.57 Å². The molecule has 116 valence electrons. The van der Waals surface area contributed by atoms with E-state index in [0.717, 1.165) is 4.90 Å². The van der Waals surface area contributed by atoms with Crippen LogP contribution in [-0.2, 0) is 9.59 Å². The molecule has 0 fully saturated rings. The summed E-state index contributed by atoms with van der Waals surface area (Å²) in [7, 11) is 1.42. The molecule has 2 aromatic rings. The summed E-state index contributed by atoms with van der Waals surface area (Å²) < 4.78 is 13.0. The molecule has 2 aromatic carbocycles. The maximum atomic E-state index is 13.0. The van der Waals surface area contributed by atoms with E-state index in [1.807, 2.05) is 0 Å². The molecular weight excluding hydrogens is 319 g/mol. The molecule has 0 unspecified atom stereocenters. The molecular formula is C17H12ClFN2O2. The van der Waals surface area contributed by atoms with Gasteiger partial charge in [-0.2, -0.15) is 0 Å². The topological polar surface area (TPSA) is 49.4 Å². The molecule has 4 nitrogen and oxygen atoms in total. The number of carbonyl (C=O) groups excluding carboxylic acids is 2. The third-order valence-corrected chi connectivity index (χ3v) is 3.79. The van der Waals surface area contributed by atoms with E-state index in [1.54, 1.807) is 24.3 Å². The smallest absolute Gasteiger partial charge is 0.277 e. The Balaban J connectivity index is 2.06. The van der Waals surface area contributed by atoms with Gasteiger partial charge in [-0.05, 0) is 42.0 Å². The van der Waals surface area contributed by atoms with Gasteiger partial charge < -0.3 is 5.32 Å². The van der Waals surface area contributed by atoms with Crippen LogP contribution in [0.1, 0.15) is 5.56 Å². The average Bonchev–Trinajstić information content (AvgIpc) is 2.75. The summed E-state index contributed by atoms with van der Waals surface area (Å²) in [5, 5.41) is 3.44. The van der Waals surface area contributed by atoms with Gasteiger partial charge in [-0.1, -0.05) is 23.7 Å². The van der Waals surface area contributed by atoms with Gasteiger partial charge in [0.05, 0.1) is 5.57 Å². The van der Waals surface area contributed by atoms with Crippen LogP contribution in [0.3, 0.4) is 0 Å². The van der Waals surface area contributed by atoms with Crippen molar-refractivity contribution in [3.05, 3.63) is 70.6 Å². The van der Waals surface area contributed by atoms with Gasteiger partial charge in [0.1, 0.15) is 11.5 Å². The molecule has 0 saturated heterocycles. The highest BCUT2D eigenvalue weighted by Gasteiger charge is 2.36. The van der Waals surface area contributed by atoms with E-state index >= 15 is 0 Å². The van der Waals surface area contributed by atoms with Gasteiger partial charge in [0.2, 0.25) is 0 Å². The number of carbonyl (C=O) groups is 2. The molecule has 0 aromatic heterocycles. The van der Waals surface area contributed by atoms with Crippen molar-refractivity contribution >= 4 is 34.7 Å². The summed E-state index contributed by atoms with van der Waals surface area (Å²) in [5.41, 5.74) is 1.52. The molecule has 1 N–H and O–H groups in total. The Kier molecular flexibility index (Phi) is 3.88. The van der Waals surface area contributed by atoms with Gasteiger partial charge in [0.25, 0.3) is 11.8 Å². The second kappa shape index (κ2) is 5.85. The molecule has 6 heteroatoms. The Labute approximate surface area is 137 Å². The number of hydrogen-bond acceptors (Lipinski definition) is 3. The molecule has 0 radical (unpaired) electrons. The molecule has 0 aliphatic carbocycles. The molecule has 1 aliphatic heterocycles. The predicted molar refractivity (Wildman–Crippen MR) is 86.2 cm³/mol. The normalized spacial score (nSPS) is 14.7. The fraction of sp³-hybridized carbons (Fsp3) is 0.0588. The number of benzene rings is 2. The van der Waals surface area contributed by atoms with E-state index in [2.05, 4.69) is 5.32 Å². The molecule has 0 atom stereocenters. The van der Waals surface area contributed by atoms with Crippen molar-refractivity contribution in [3.63, 3.8) is 0 Å². The minimum Gasteiger partial charge on any atom is -0.350 e. The van der Waals surface area contributed by atoms with E-state index < -0.39 is 11.8 Å². The highest BCUT2D eigenvalue weighted by molar-refractivity contribution is 6.36. The van der Waals surface area contributed by atoms with Gasteiger partial charge in [0, 0.05) is 17.8 Å². The number of nitrogens with zero attached hydrogens (tertiary/aromatic N) is 1. The summed E-state index contributed by atoms with van der Waals surface area (Å²) in [6.07, 6.45) is 0. The highest BCUT2D eigenvalue weighted by Crippen LogP contribution is 2.30. The highest BCUT2D eigenvalue weighted by atomic mass is 35.5. The summed E-state index contributed by atoms with van der Waals surface area (Å²) in [6, 6.07) is 12.2. The first kappa shape index (κ1) is 15.2. The molecule has 0 spiro atoms. The monoisotopic (exact) mass is 330 g/mol. The quantitative estimate of drug-likeness (QED) is 0.878. The Bertz CT molecular complexity index is 813. The van der Waals surface area contributed by atoms with Crippen LogP contribution >= 0.6 is 11.6 Å². The largest absolute Gasteiger partial charge is 0.350 e. The van der Waals surface area contributed by atoms with Crippen LogP contribution in [0, 0.1) is 5.82 Å². The fourth-order valence-corrected chi connectivity index (χ4v) is 2.45. The lowest BCUT2D eigenvalue weighted by atomic mass is 10.0. The molecule has 0 bridgehead atoms. The van der Waals surface area contributed by atoms with Gasteiger partial charge in [-0.15, -0.1) is 0 Å². The number of likely N-dealkylation sites (N-methyl/N-ethyl adjacent to an activating group) is 1. The standard InChI is InChI=1S/C17H12ClFN2O2/c1-21-16(22)14(10-2-4-11(18)5-3-10)15(17(21)23)20-13-8-6-12(19)7-9-13/h2-9,20H,1H3. The van der Waals surface area contributed by atoms with Gasteiger partial charge >= 0.3 is 0 Å². The number of halogens is 2. The second-order valence-electron chi connectivity index (χ2n) is 5.06. The van der Waals surface area contributed by atoms with Crippen LogP contribution in [0.15, 0.2) is 54.2 Å². The molecule has 3 rings (SSSR count). The third kappa shape index (κ3) is 2.83. The van der Waals surface area contributed by atoms with Crippen LogP contribution < -0.4 is 5.32 Å². The zero-order chi connectivity index (χ0) is 16.6. The maximum absolute atomic E-state index is 13.0. The molecule has 2 amide bonds. The van der Waals surface area contributed by atoms with Crippen molar-refractivity contribution in [1.82, 2.24) is 4.90 Å². The summed E-state index contributed by atoms with van der Waals surface area (Å²) in [6.45, 7) is 0. The first-order valence-electron chi connectivity index (χ1n) is 6.82. The average molecular weight is 331 g/mol. The van der Waals surface area contributed by atoms with Crippen LogP contribution in [0.2, 0.25) is 5.02 Å². The lowest BCUT2D eigenvalue weighted by Crippen LogP contribution is -2.27. The van der Waals surface area contributed by atoms with Gasteiger partial charge in [0.15, 0.2) is 0 Å². The van der Waals surface area contributed by atoms with Crippen LogP contribution in [0.4, 0.5) is 10.1 Å².